The molecule has 2 aliphatic rings. The number of nitrogens with zero attached hydrogens (tertiary/aromatic N) is 1. The van der Waals surface area contributed by atoms with Gasteiger partial charge in [0.05, 0.1) is 4.90 Å². The molecule has 1 amide bonds. The Hall–Kier alpha value is -1.07. The quantitative estimate of drug-likeness (QED) is 0.860. The van der Waals surface area contributed by atoms with E-state index in [1.54, 1.807) is 17.0 Å². The van der Waals surface area contributed by atoms with E-state index in [2.05, 4.69) is 0 Å². The zero-order valence-corrected chi connectivity index (χ0v) is 12.6. The summed E-state index contributed by atoms with van der Waals surface area (Å²) in [6.45, 7) is 1.35. The van der Waals surface area contributed by atoms with Gasteiger partial charge in [0.1, 0.15) is 0 Å². The van der Waals surface area contributed by atoms with E-state index < -0.39 is 14.6 Å². The molecule has 1 aromatic carbocycles. The van der Waals surface area contributed by atoms with Gasteiger partial charge in [-0.05, 0) is 49.9 Å². The van der Waals surface area contributed by atoms with Crippen molar-refractivity contribution < 1.29 is 13.2 Å². The summed E-state index contributed by atoms with van der Waals surface area (Å²) in [4.78, 5) is 14.4. The monoisotopic (exact) mass is 313 g/mol. The maximum atomic E-state index is 12.7. The van der Waals surface area contributed by atoms with E-state index >= 15 is 0 Å². The first-order valence-electron chi connectivity index (χ1n) is 6.77. The number of carbonyl (C=O) groups is 1. The van der Waals surface area contributed by atoms with E-state index in [0.29, 0.717) is 31.0 Å². The number of amides is 1. The third kappa shape index (κ3) is 2.04. The number of hydrogen-bond acceptors (Lipinski definition) is 3. The van der Waals surface area contributed by atoms with Crippen molar-refractivity contribution in [3.05, 3.63) is 29.3 Å². The molecule has 3 rings (SSSR count). The molecule has 0 aromatic heterocycles. The second-order valence-electron chi connectivity index (χ2n) is 5.45. The molecule has 0 bridgehead atoms. The van der Waals surface area contributed by atoms with Crippen LogP contribution in [0.15, 0.2) is 29.2 Å². The summed E-state index contributed by atoms with van der Waals surface area (Å²) in [5.41, 5.74) is 0. The van der Waals surface area contributed by atoms with Gasteiger partial charge in [0.15, 0.2) is 14.6 Å². The molecule has 2 fully saturated rings. The second-order valence-corrected chi connectivity index (χ2v) is 8.15. The van der Waals surface area contributed by atoms with Crippen LogP contribution in [0.25, 0.3) is 0 Å². The van der Waals surface area contributed by atoms with Gasteiger partial charge in [0.2, 0.25) is 5.91 Å². The lowest BCUT2D eigenvalue weighted by Gasteiger charge is -2.22. The zero-order chi connectivity index (χ0) is 14.4. The molecular formula is C14H16ClNO3S. The Morgan fingerprint density at radius 3 is 2.15 bits per heavy atom. The third-order valence-electron chi connectivity index (χ3n) is 4.13. The Kier molecular flexibility index (Phi) is 3.29. The fraction of sp³-hybridized carbons (Fsp3) is 0.500. The average Bonchev–Trinajstić information content (AvgIpc) is 3.07. The average molecular weight is 314 g/mol. The van der Waals surface area contributed by atoms with E-state index in [-0.39, 0.29) is 10.8 Å². The molecule has 0 radical (unpaired) electrons. The smallest absolute Gasteiger partial charge is 0.244 e. The Bertz CT molecular complexity index is 629. The Morgan fingerprint density at radius 1 is 1.10 bits per heavy atom. The summed E-state index contributed by atoms with van der Waals surface area (Å²) >= 11 is 5.79. The van der Waals surface area contributed by atoms with Crippen molar-refractivity contribution in [3.8, 4) is 0 Å². The van der Waals surface area contributed by atoms with E-state index in [1.165, 1.54) is 12.1 Å². The van der Waals surface area contributed by atoms with Crippen molar-refractivity contribution in [2.75, 3.05) is 13.1 Å². The van der Waals surface area contributed by atoms with E-state index in [0.717, 1.165) is 12.8 Å². The number of halogens is 1. The first-order chi connectivity index (χ1) is 9.47. The highest BCUT2D eigenvalue weighted by Crippen LogP contribution is 2.48. The second kappa shape index (κ2) is 4.74. The van der Waals surface area contributed by atoms with E-state index in [4.69, 9.17) is 11.6 Å². The van der Waals surface area contributed by atoms with Crippen LogP contribution in [-0.2, 0) is 14.6 Å². The van der Waals surface area contributed by atoms with Crippen LogP contribution in [0.4, 0.5) is 0 Å². The van der Waals surface area contributed by atoms with Crippen molar-refractivity contribution in [2.24, 2.45) is 0 Å². The minimum absolute atomic E-state index is 0.187. The van der Waals surface area contributed by atoms with Gasteiger partial charge in [-0.2, -0.15) is 0 Å². The van der Waals surface area contributed by atoms with Crippen molar-refractivity contribution in [3.63, 3.8) is 0 Å². The molecule has 1 saturated heterocycles. The van der Waals surface area contributed by atoms with Gasteiger partial charge in [0.25, 0.3) is 0 Å². The Morgan fingerprint density at radius 2 is 1.65 bits per heavy atom. The summed E-state index contributed by atoms with van der Waals surface area (Å²) in [6, 6.07) is 6.06. The summed E-state index contributed by atoms with van der Waals surface area (Å²) < 4.78 is 24.3. The SMILES string of the molecule is O=C(N1CCCC1)C1(S(=O)(=O)c2ccc(Cl)cc2)CC1. The van der Waals surface area contributed by atoms with Crippen LogP contribution in [0.5, 0.6) is 0 Å². The molecule has 1 aliphatic heterocycles. The van der Waals surface area contributed by atoms with Crippen molar-refractivity contribution in [1.82, 2.24) is 4.90 Å². The Labute approximate surface area is 123 Å². The number of benzene rings is 1. The minimum Gasteiger partial charge on any atom is -0.341 e. The van der Waals surface area contributed by atoms with Crippen LogP contribution in [0, 0.1) is 0 Å². The molecule has 1 aliphatic carbocycles. The van der Waals surface area contributed by atoms with Crippen LogP contribution < -0.4 is 0 Å². The molecule has 1 heterocycles. The first-order valence-corrected chi connectivity index (χ1v) is 8.63. The molecule has 1 saturated carbocycles. The topological polar surface area (TPSA) is 54.5 Å². The predicted molar refractivity (Wildman–Crippen MR) is 76.4 cm³/mol. The van der Waals surface area contributed by atoms with Crippen LogP contribution >= 0.6 is 11.6 Å². The summed E-state index contributed by atoms with van der Waals surface area (Å²) in [7, 11) is -3.63. The van der Waals surface area contributed by atoms with Crippen molar-refractivity contribution in [1.29, 1.82) is 0 Å². The highest BCUT2D eigenvalue weighted by molar-refractivity contribution is 7.94. The molecular weight excluding hydrogens is 298 g/mol. The van der Waals surface area contributed by atoms with Gasteiger partial charge < -0.3 is 4.90 Å². The van der Waals surface area contributed by atoms with Crippen LogP contribution in [0.3, 0.4) is 0 Å². The van der Waals surface area contributed by atoms with Gasteiger partial charge in [-0.15, -0.1) is 0 Å². The molecule has 4 nitrogen and oxygen atoms in total. The lowest BCUT2D eigenvalue weighted by molar-refractivity contribution is -0.130. The lowest BCUT2D eigenvalue weighted by Crippen LogP contribution is -2.43. The minimum atomic E-state index is -3.63. The number of carbonyl (C=O) groups excluding carboxylic acids is 1. The van der Waals surface area contributed by atoms with Gasteiger partial charge in [-0.1, -0.05) is 11.6 Å². The zero-order valence-electron chi connectivity index (χ0n) is 11.0. The molecule has 0 unspecified atom stereocenters. The van der Waals surface area contributed by atoms with Crippen LogP contribution in [0.1, 0.15) is 25.7 Å². The maximum absolute atomic E-state index is 12.7. The molecule has 0 N–H and O–H groups in total. The third-order valence-corrected chi connectivity index (χ3v) is 6.88. The largest absolute Gasteiger partial charge is 0.341 e. The maximum Gasteiger partial charge on any atom is 0.244 e. The molecule has 0 atom stereocenters. The molecule has 0 spiro atoms. The fourth-order valence-electron chi connectivity index (χ4n) is 2.76. The predicted octanol–water partition coefficient (Wildman–Crippen LogP) is 2.27. The molecule has 1 aromatic rings. The standard InChI is InChI=1S/C14H16ClNO3S/c15-11-3-5-12(6-4-11)20(18,19)14(7-8-14)13(17)16-9-1-2-10-16/h3-6H,1-2,7-10H2. The lowest BCUT2D eigenvalue weighted by atomic mass is 10.3. The van der Waals surface area contributed by atoms with Gasteiger partial charge in [-0.25, -0.2) is 8.42 Å². The number of hydrogen-bond donors (Lipinski definition) is 0. The van der Waals surface area contributed by atoms with Crippen molar-refractivity contribution >= 4 is 27.3 Å². The van der Waals surface area contributed by atoms with Gasteiger partial charge in [-0.3, -0.25) is 4.79 Å². The van der Waals surface area contributed by atoms with E-state index in [9.17, 15) is 13.2 Å². The van der Waals surface area contributed by atoms with Gasteiger partial charge >= 0.3 is 0 Å². The van der Waals surface area contributed by atoms with Crippen LogP contribution in [-0.4, -0.2) is 37.1 Å². The first kappa shape index (κ1) is 13.9. The highest BCUT2D eigenvalue weighted by atomic mass is 35.5. The van der Waals surface area contributed by atoms with E-state index in [1.807, 2.05) is 0 Å². The molecule has 108 valence electrons. The normalized spacial score (nSPS) is 20.9. The van der Waals surface area contributed by atoms with Crippen molar-refractivity contribution in [2.45, 2.75) is 35.3 Å². The number of rotatable bonds is 3. The number of sulfone groups is 1. The van der Waals surface area contributed by atoms with Gasteiger partial charge in [0, 0.05) is 18.1 Å². The highest BCUT2D eigenvalue weighted by Gasteiger charge is 2.62. The van der Waals surface area contributed by atoms with Crippen LogP contribution in [0.2, 0.25) is 5.02 Å². The fourth-order valence-corrected chi connectivity index (χ4v) is 4.83. The molecule has 6 heteroatoms. The summed E-state index contributed by atoms with van der Waals surface area (Å²) in [5.74, 6) is -0.218. The Balaban J connectivity index is 1.94. The summed E-state index contributed by atoms with van der Waals surface area (Å²) in [6.07, 6.45) is 2.77. The molecule has 20 heavy (non-hydrogen) atoms. The summed E-state index contributed by atoms with van der Waals surface area (Å²) in [5, 5.41) is 0.486. The number of likely N-dealkylation sites (tertiary alicyclic amines) is 1.